The second-order valence-corrected chi connectivity index (χ2v) is 14.4. The summed E-state index contributed by atoms with van der Waals surface area (Å²) in [6.45, 7) is 10.1. The number of fused-ring (bicyclic) bond motifs is 1. The van der Waals surface area contributed by atoms with Crippen molar-refractivity contribution in [3.63, 3.8) is 0 Å². The number of amides is 1. The largest absolute Gasteiger partial charge is 0.454 e. The molecule has 24 heavy (non-hydrogen) atoms. The lowest BCUT2D eigenvalue weighted by Crippen LogP contribution is -2.49. The van der Waals surface area contributed by atoms with Crippen LogP contribution in [0.1, 0.15) is 20.8 Å². The van der Waals surface area contributed by atoms with Gasteiger partial charge in [-0.25, -0.2) is 4.79 Å². The van der Waals surface area contributed by atoms with Gasteiger partial charge in [-0.2, -0.15) is 0 Å². The third-order valence-corrected chi connectivity index (χ3v) is 8.22. The van der Waals surface area contributed by atoms with Gasteiger partial charge in [0.05, 0.1) is 13.8 Å². The highest BCUT2D eigenvalue weighted by molar-refractivity contribution is 14.1. The standard InChI is InChI=1S/C16H23ClINO4Si/c1-16(2,3)23-15(20)19(9-24(4,5)8-17)12-7-14-13(6-11(12)18)21-10-22-14/h6-7H,8-10H2,1-5H3. The van der Waals surface area contributed by atoms with Crippen molar-refractivity contribution >= 4 is 54.0 Å². The lowest BCUT2D eigenvalue weighted by molar-refractivity contribution is 0.0585. The molecule has 1 aromatic rings. The molecular weight excluding hydrogens is 461 g/mol. The van der Waals surface area contributed by atoms with Crippen molar-refractivity contribution in [1.82, 2.24) is 0 Å². The number of hydrogen-bond acceptors (Lipinski definition) is 4. The predicted octanol–water partition coefficient (Wildman–Crippen LogP) is 4.79. The molecular formula is C16H23ClINO4Si. The van der Waals surface area contributed by atoms with Gasteiger partial charge in [0, 0.05) is 21.3 Å². The van der Waals surface area contributed by atoms with Gasteiger partial charge in [0.25, 0.3) is 0 Å². The van der Waals surface area contributed by atoms with Crippen LogP contribution in [-0.2, 0) is 4.74 Å². The first-order valence-corrected chi connectivity index (χ1v) is 12.7. The molecule has 0 bridgehead atoms. The van der Waals surface area contributed by atoms with E-state index < -0.39 is 13.7 Å². The Morgan fingerprint density at radius 3 is 2.46 bits per heavy atom. The molecule has 1 aromatic carbocycles. The minimum absolute atomic E-state index is 0.198. The summed E-state index contributed by atoms with van der Waals surface area (Å²) in [6, 6.07) is 3.72. The smallest absolute Gasteiger partial charge is 0.414 e. The maximum absolute atomic E-state index is 12.8. The topological polar surface area (TPSA) is 48.0 Å². The molecule has 1 aliphatic rings. The van der Waals surface area contributed by atoms with Gasteiger partial charge in [0.2, 0.25) is 6.79 Å². The number of benzene rings is 1. The molecule has 0 spiro atoms. The van der Waals surface area contributed by atoms with Gasteiger partial charge in [0.15, 0.2) is 11.5 Å². The fourth-order valence-corrected chi connectivity index (χ4v) is 4.37. The van der Waals surface area contributed by atoms with Crippen molar-refractivity contribution in [2.24, 2.45) is 0 Å². The van der Waals surface area contributed by atoms with Crippen molar-refractivity contribution in [1.29, 1.82) is 0 Å². The number of carbonyl (C=O) groups is 1. The Kier molecular flexibility index (Phi) is 5.97. The van der Waals surface area contributed by atoms with Crippen molar-refractivity contribution in [2.45, 2.75) is 39.5 Å². The van der Waals surface area contributed by atoms with E-state index in [4.69, 9.17) is 25.8 Å². The molecule has 1 aliphatic heterocycles. The molecule has 0 radical (unpaired) electrons. The highest BCUT2D eigenvalue weighted by atomic mass is 127. The normalized spacial score (nSPS) is 13.8. The number of rotatable bonds is 4. The van der Waals surface area contributed by atoms with Crippen LogP contribution < -0.4 is 14.4 Å². The van der Waals surface area contributed by atoms with Crippen LogP contribution in [0.25, 0.3) is 0 Å². The molecule has 0 unspecified atom stereocenters. The molecule has 0 atom stereocenters. The summed E-state index contributed by atoms with van der Waals surface area (Å²) in [7, 11) is -1.79. The van der Waals surface area contributed by atoms with Gasteiger partial charge < -0.3 is 14.2 Å². The number of nitrogens with zero attached hydrogens (tertiary/aromatic N) is 1. The summed E-state index contributed by atoms with van der Waals surface area (Å²) in [6.07, 6.45) is 0.200. The molecule has 0 fully saturated rings. The van der Waals surface area contributed by atoms with Gasteiger partial charge in [-0.05, 0) is 49.4 Å². The van der Waals surface area contributed by atoms with Crippen molar-refractivity contribution in [3.8, 4) is 11.5 Å². The Morgan fingerprint density at radius 2 is 1.92 bits per heavy atom. The SMILES string of the molecule is CC(C)(C)OC(=O)N(C[Si](C)(C)CCl)c1cc2c(cc1I)OCO2. The van der Waals surface area contributed by atoms with Crippen LogP contribution in [0.15, 0.2) is 12.1 Å². The van der Waals surface area contributed by atoms with E-state index in [1.165, 1.54) is 0 Å². The number of halogens is 2. The highest BCUT2D eigenvalue weighted by Gasteiger charge is 2.32. The van der Waals surface area contributed by atoms with Gasteiger partial charge in [-0.15, -0.1) is 11.6 Å². The fourth-order valence-electron chi connectivity index (χ4n) is 2.15. The number of alkyl halides is 1. The Labute approximate surface area is 162 Å². The summed E-state index contributed by atoms with van der Waals surface area (Å²) >= 11 is 8.33. The number of ether oxygens (including phenoxy) is 3. The van der Waals surface area contributed by atoms with Gasteiger partial charge in [-0.3, -0.25) is 4.90 Å². The van der Waals surface area contributed by atoms with E-state index in [0.29, 0.717) is 23.2 Å². The van der Waals surface area contributed by atoms with E-state index in [0.717, 1.165) is 9.26 Å². The Hall–Kier alpha value is -0.673. The van der Waals surface area contributed by atoms with Crippen LogP contribution in [0, 0.1) is 3.57 Å². The number of hydrogen-bond donors (Lipinski definition) is 0. The Bertz CT molecular complexity index is 633. The first kappa shape index (κ1) is 19.6. The average molecular weight is 484 g/mol. The molecule has 5 nitrogen and oxygen atoms in total. The van der Waals surface area contributed by atoms with Crippen molar-refractivity contribution in [3.05, 3.63) is 15.7 Å². The highest BCUT2D eigenvalue weighted by Crippen LogP contribution is 2.39. The molecule has 8 heteroatoms. The third kappa shape index (κ3) is 4.92. The van der Waals surface area contributed by atoms with Crippen LogP contribution in [-0.4, -0.2) is 38.2 Å². The summed E-state index contributed by atoms with van der Waals surface area (Å²) in [5.41, 5.74) is 0.761. The lowest BCUT2D eigenvalue weighted by Gasteiger charge is -2.32. The van der Waals surface area contributed by atoms with Crippen LogP contribution in [0.2, 0.25) is 13.1 Å². The fraction of sp³-hybridized carbons (Fsp3) is 0.562. The van der Waals surface area contributed by atoms with Crippen LogP contribution in [0.4, 0.5) is 10.5 Å². The molecule has 1 amide bonds. The zero-order valence-electron chi connectivity index (χ0n) is 14.6. The minimum Gasteiger partial charge on any atom is -0.454 e. The van der Waals surface area contributed by atoms with Crippen LogP contribution in [0.3, 0.4) is 0 Å². The summed E-state index contributed by atoms with van der Waals surface area (Å²) in [4.78, 5) is 14.5. The maximum atomic E-state index is 12.8. The van der Waals surface area contributed by atoms with Crippen molar-refractivity contribution < 1.29 is 19.0 Å². The first-order valence-electron chi connectivity index (χ1n) is 7.68. The molecule has 1 heterocycles. The molecule has 0 saturated carbocycles. The zero-order chi connectivity index (χ0) is 18.1. The van der Waals surface area contributed by atoms with Crippen LogP contribution >= 0.6 is 34.2 Å². The lowest BCUT2D eigenvalue weighted by atomic mass is 10.2. The predicted molar refractivity (Wildman–Crippen MR) is 107 cm³/mol. The summed E-state index contributed by atoms with van der Waals surface area (Å²) in [5.74, 6) is 1.34. The van der Waals surface area contributed by atoms with Gasteiger partial charge >= 0.3 is 6.09 Å². The maximum Gasteiger partial charge on any atom is 0.414 e. The molecule has 0 N–H and O–H groups in total. The Balaban J connectivity index is 2.40. The van der Waals surface area contributed by atoms with E-state index >= 15 is 0 Å². The van der Waals surface area contributed by atoms with E-state index in [2.05, 4.69) is 35.7 Å². The average Bonchev–Trinajstić information content (AvgIpc) is 2.89. The van der Waals surface area contributed by atoms with Crippen molar-refractivity contribution in [2.75, 3.05) is 23.4 Å². The Morgan fingerprint density at radius 1 is 1.33 bits per heavy atom. The monoisotopic (exact) mass is 483 g/mol. The molecule has 0 aromatic heterocycles. The van der Waals surface area contributed by atoms with Crippen LogP contribution in [0.5, 0.6) is 11.5 Å². The molecule has 2 rings (SSSR count). The molecule has 0 saturated heterocycles. The van der Waals surface area contributed by atoms with Gasteiger partial charge in [0.1, 0.15) is 5.60 Å². The van der Waals surface area contributed by atoms with E-state index in [9.17, 15) is 4.79 Å². The number of carbonyl (C=O) groups excluding carboxylic acids is 1. The van der Waals surface area contributed by atoms with E-state index in [1.807, 2.05) is 32.9 Å². The molecule has 0 aliphatic carbocycles. The number of anilines is 1. The van der Waals surface area contributed by atoms with Gasteiger partial charge in [-0.1, -0.05) is 13.1 Å². The zero-order valence-corrected chi connectivity index (χ0v) is 18.5. The third-order valence-electron chi connectivity index (χ3n) is 3.29. The van der Waals surface area contributed by atoms with E-state index in [-0.39, 0.29) is 12.9 Å². The minimum atomic E-state index is -1.79. The summed E-state index contributed by atoms with van der Waals surface area (Å²) < 4.78 is 17.4. The first-order chi connectivity index (χ1) is 11.0. The quantitative estimate of drug-likeness (QED) is 0.351. The molecule has 134 valence electrons. The second-order valence-electron chi connectivity index (χ2n) is 7.52. The second kappa shape index (κ2) is 7.29. The van der Waals surface area contributed by atoms with E-state index in [1.54, 1.807) is 4.90 Å². The summed E-state index contributed by atoms with van der Waals surface area (Å²) in [5, 5.41) is 0.